The van der Waals surface area contributed by atoms with E-state index >= 15 is 0 Å². The summed E-state index contributed by atoms with van der Waals surface area (Å²) >= 11 is 0. The topological polar surface area (TPSA) is 115 Å². The molecule has 106 valence electrons. The average Bonchev–Trinajstić information content (AvgIpc) is 2.27. The molecule has 0 aromatic rings. The normalized spacial score (nSPS) is 38.2. The lowest BCUT2D eigenvalue weighted by Crippen LogP contribution is -2.59. The maximum Gasteiger partial charge on any atom is 0.180 e. The van der Waals surface area contributed by atoms with Gasteiger partial charge in [-0.05, 0) is 26.7 Å². The van der Waals surface area contributed by atoms with Gasteiger partial charge in [0.25, 0.3) is 0 Å². The fourth-order valence-electron chi connectivity index (χ4n) is 1.89. The van der Waals surface area contributed by atoms with Crippen molar-refractivity contribution in [3.63, 3.8) is 0 Å². The zero-order chi connectivity index (χ0) is 13.9. The van der Waals surface area contributed by atoms with Crippen LogP contribution < -0.4 is 5.11 Å². The van der Waals surface area contributed by atoms with Crippen LogP contribution in [-0.2, 0) is 9.47 Å². The fourth-order valence-corrected chi connectivity index (χ4v) is 1.89. The Hall–Kier alpha value is -0.730. The first kappa shape index (κ1) is 15.3. The quantitative estimate of drug-likeness (QED) is 0.399. The SMILES string of the molecule is CC([O-])=N[C@@H]1[C@@H](OC(C)C)[C@H](O)[C@@H](CO)O[C@@H]1O. The molecule has 0 spiro atoms. The lowest BCUT2D eigenvalue weighted by Gasteiger charge is -2.41. The third-order valence-corrected chi connectivity index (χ3v) is 2.60. The highest BCUT2D eigenvalue weighted by molar-refractivity contribution is 5.68. The molecule has 0 bridgehead atoms. The van der Waals surface area contributed by atoms with Gasteiger partial charge in [0, 0.05) is 0 Å². The Morgan fingerprint density at radius 3 is 2.50 bits per heavy atom. The molecule has 18 heavy (non-hydrogen) atoms. The smallest absolute Gasteiger partial charge is 0.180 e. The minimum absolute atomic E-state index is 0.223. The first-order valence-electron chi connectivity index (χ1n) is 5.86. The number of ether oxygens (including phenoxy) is 2. The van der Waals surface area contributed by atoms with Crippen LogP contribution in [0.25, 0.3) is 0 Å². The predicted molar refractivity (Wildman–Crippen MR) is 60.9 cm³/mol. The molecule has 1 heterocycles. The molecule has 7 heteroatoms. The van der Waals surface area contributed by atoms with Crippen LogP contribution in [0.1, 0.15) is 20.8 Å². The number of rotatable bonds is 4. The van der Waals surface area contributed by atoms with Gasteiger partial charge in [-0.1, -0.05) is 0 Å². The van der Waals surface area contributed by atoms with Crippen LogP contribution in [0, 0.1) is 0 Å². The van der Waals surface area contributed by atoms with Gasteiger partial charge in [0.15, 0.2) is 6.29 Å². The van der Waals surface area contributed by atoms with Gasteiger partial charge in [0.1, 0.15) is 24.4 Å². The Morgan fingerprint density at radius 1 is 1.44 bits per heavy atom. The summed E-state index contributed by atoms with van der Waals surface area (Å²) in [4.78, 5) is 3.69. The Labute approximate surface area is 106 Å². The first-order chi connectivity index (χ1) is 8.36. The Kier molecular flexibility index (Phi) is 5.48. The highest BCUT2D eigenvalue weighted by Crippen LogP contribution is 2.25. The molecule has 1 rings (SSSR count). The van der Waals surface area contributed by atoms with E-state index in [2.05, 4.69) is 4.99 Å². The van der Waals surface area contributed by atoms with E-state index in [-0.39, 0.29) is 6.10 Å². The fraction of sp³-hybridized carbons (Fsp3) is 0.909. The average molecular weight is 262 g/mol. The Balaban J connectivity index is 2.94. The van der Waals surface area contributed by atoms with E-state index in [1.54, 1.807) is 13.8 Å². The zero-order valence-electron chi connectivity index (χ0n) is 10.7. The van der Waals surface area contributed by atoms with Gasteiger partial charge < -0.3 is 29.9 Å². The van der Waals surface area contributed by atoms with Crippen LogP contribution in [0.2, 0.25) is 0 Å². The molecule has 5 atom stereocenters. The molecular weight excluding hydrogens is 242 g/mol. The maximum atomic E-state index is 11.0. The molecule has 7 nitrogen and oxygen atoms in total. The molecule has 1 aliphatic rings. The van der Waals surface area contributed by atoms with Crippen molar-refractivity contribution in [2.45, 2.75) is 57.5 Å². The molecule has 0 radical (unpaired) electrons. The number of aliphatic hydroxyl groups excluding tert-OH is 3. The second-order valence-corrected chi connectivity index (χ2v) is 4.53. The Bertz CT molecular complexity index is 291. The van der Waals surface area contributed by atoms with Crippen molar-refractivity contribution in [1.82, 2.24) is 0 Å². The molecule has 0 unspecified atom stereocenters. The summed E-state index contributed by atoms with van der Waals surface area (Å²) in [5.41, 5.74) is 0. The molecule has 1 saturated heterocycles. The van der Waals surface area contributed by atoms with Crippen LogP contribution in [0.4, 0.5) is 0 Å². The Morgan fingerprint density at radius 2 is 2.06 bits per heavy atom. The van der Waals surface area contributed by atoms with Crippen molar-refractivity contribution in [2.24, 2.45) is 4.99 Å². The van der Waals surface area contributed by atoms with Crippen LogP contribution in [0.5, 0.6) is 0 Å². The van der Waals surface area contributed by atoms with Crippen LogP contribution in [0.3, 0.4) is 0 Å². The second kappa shape index (κ2) is 6.44. The van der Waals surface area contributed by atoms with E-state index in [9.17, 15) is 15.3 Å². The van der Waals surface area contributed by atoms with E-state index in [1.807, 2.05) is 0 Å². The summed E-state index contributed by atoms with van der Waals surface area (Å²) < 4.78 is 10.5. The van der Waals surface area contributed by atoms with Gasteiger partial charge in [-0.3, -0.25) is 4.99 Å². The number of hydrogen-bond acceptors (Lipinski definition) is 7. The summed E-state index contributed by atoms with van der Waals surface area (Å²) in [5, 5.41) is 39.8. The van der Waals surface area contributed by atoms with Crippen LogP contribution >= 0.6 is 0 Å². The van der Waals surface area contributed by atoms with E-state index in [1.165, 1.54) is 6.92 Å². The lowest BCUT2D eigenvalue weighted by molar-refractivity contribution is -0.264. The monoisotopic (exact) mass is 262 g/mol. The number of aliphatic imine (C=N–C) groups is 1. The molecule has 0 aromatic heterocycles. The molecule has 0 saturated carbocycles. The third-order valence-electron chi connectivity index (χ3n) is 2.60. The predicted octanol–water partition coefficient (Wildman–Crippen LogP) is -2.00. The van der Waals surface area contributed by atoms with Crippen molar-refractivity contribution >= 4 is 5.90 Å². The van der Waals surface area contributed by atoms with Gasteiger partial charge >= 0.3 is 0 Å². The summed E-state index contributed by atoms with van der Waals surface area (Å²) in [5.74, 6) is -0.491. The molecule has 0 amide bonds. The highest BCUT2D eigenvalue weighted by Gasteiger charge is 2.45. The van der Waals surface area contributed by atoms with Crippen molar-refractivity contribution in [2.75, 3.05) is 6.61 Å². The van der Waals surface area contributed by atoms with Crippen LogP contribution in [0.15, 0.2) is 4.99 Å². The van der Waals surface area contributed by atoms with Crippen molar-refractivity contribution in [3.05, 3.63) is 0 Å². The van der Waals surface area contributed by atoms with Gasteiger partial charge in [-0.25, -0.2) is 0 Å². The van der Waals surface area contributed by atoms with Gasteiger partial charge in [-0.2, -0.15) is 0 Å². The summed E-state index contributed by atoms with van der Waals surface area (Å²) in [6.07, 6.45) is -4.62. The molecule has 1 fully saturated rings. The van der Waals surface area contributed by atoms with Crippen molar-refractivity contribution in [3.8, 4) is 0 Å². The second-order valence-electron chi connectivity index (χ2n) is 4.53. The summed E-state index contributed by atoms with van der Waals surface area (Å²) in [6.45, 7) is 4.30. The third kappa shape index (κ3) is 3.63. The van der Waals surface area contributed by atoms with Crippen LogP contribution in [-0.4, -0.2) is 64.6 Å². The summed E-state index contributed by atoms with van der Waals surface area (Å²) in [7, 11) is 0. The van der Waals surface area contributed by atoms with E-state index in [0.29, 0.717) is 0 Å². The van der Waals surface area contributed by atoms with Crippen molar-refractivity contribution in [1.29, 1.82) is 0 Å². The van der Waals surface area contributed by atoms with Crippen molar-refractivity contribution < 1.29 is 29.9 Å². The van der Waals surface area contributed by atoms with Gasteiger partial charge in [-0.15, -0.1) is 0 Å². The number of hydrogen-bond donors (Lipinski definition) is 3. The van der Waals surface area contributed by atoms with E-state index < -0.39 is 43.1 Å². The first-order valence-corrected chi connectivity index (χ1v) is 5.86. The van der Waals surface area contributed by atoms with E-state index in [0.717, 1.165) is 0 Å². The number of nitrogens with zero attached hydrogens (tertiary/aromatic N) is 1. The summed E-state index contributed by atoms with van der Waals surface area (Å²) in [6, 6.07) is -0.998. The molecule has 3 N–H and O–H groups in total. The molecule has 0 aliphatic carbocycles. The minimum Gasteiger partial charge on any atom is -0.862 e. The highest BCUT2D eigenvalue weighted by atomic mass is 16.6. The van der Waals surface area contributed by atoms with Gasteiger partial charge in [0.2, 0.25) is 0 Å². The largest absolute Gasteiger partial charge is 0.862 e. The minimum atomic E-state index is -1.39. The molecular formula is C11H20NO6-. The van der Waals surface area contributed by atoms with E-state index in [4.69, 9.17) is 14.6 Å². The zero-order valence-corrected chi connectivity index (χ0v) is 10.7. The lowest BCUT2D eigenvalue weighted by atomic mass is 9.97. The van der Waals surface area contributed by atoms with Gasteiger partial charge in [0.05, 0.1) is 12.7 Å². The molecule has 1 aliphatic heterocycles. The standard InChI is InChI=1S/C11H21NO6/c1-5(2)17-10-8(12-6(3)14)11(16)18-7(4-13)9(10)15/h5,7-11,13,15-16H,4H2,1-3H3,(H,12,14)/p-1/t7-,8-,9-,10-,11+/m1/s1. The molecule has 0 aromatic carbocycles. The maximum absolute atomic E-state index is 11.0. The number of aliphatic hydroxyl groups is 3.